The molecule has 0 spiro atoms. The molecule has 0 radical (unpaired) electrons. The highest BCUT2D eigenvalue weighted by atomic mass is 32.2. The van der Waals surface area contributed by atoms with Crippen molar-refractivity contribution < 1.29 is 9.59 Å². The fraction of sp³-hybridized carbons (Fsp3) is 0.636. The Labute approximate surface area is 101 Å². The molecular weight excluding hydrogens is 224 g/mol. The normalized spacial score (nSPS) is 11.7. The number of hydrogen-bond acceptors (Lipinski definition) is 3. The molecule has 0 aliphatic carbocycles. The van der Waals surface area contributed by atoms with Crippen LogP contribution in [0.1, 0.15) is 6.92 Å². The number of rotatable bonds is 7. The molecule has 2 amide bonds. The molecule has 0 saturated heterocycles. The first-order valence-electron chi connectivity index (χ1n) is 5.15. The van der Waals surface area contributed by atoms with Crippen molar-refractivity contribution in [1.82, 2.24) is 10.2 Å². The maximum atomic E-state index is 11.5. The Morgan fingerprint density at radius 2 is 2.12 bits per heavy atom. The SMILES string of the molecule is C=CCNC(=O)CSCC(C)C(=O)N(C)C. The minimum absolute atomic E-state index is 0.0191. The van der Waals surface area contributed by atoms with E-state index in [1.54, 1.807) is 25.1 Å². The Hall–Kier alpha value is -0.970. The molecule has 4 nitrogen and oxygen atoms in total. The predicted molar refractivity (Wildman–Crippen MR) is 68.4 cm³/mol. The van der Waals surface area contributed by atoms with Crippen molar-refractivity contribution >= 4 is 23.6 Å². The molecule has 0 saturated carbocycles. The van der Waals surface area contributed by atoms with Gasteiger partial charge in [0.2, 0.25) is 11.8 Å². The van der Waals surface area contributed by atoms with Gasteiger partial charge < -0.3 is 10.2 Å². The molecule has 0 aromatic carbocycles. The van der Waals surface area contributed by atoms with E-state index in [1.807, 2.05) is 6.92 Å². The van der Waals surface area contributed by atoms with Gasteiger partial charge in [0, 0.05) is 32.3 Å². The molecule has 0 rings (SSSR count). The van der Waals surface area contributed by atoms with Crippen LogP contribution in [-0.4, -0.2) is 48.9 Å². The standard InChI is InChI=1S/C11H20N2O2S/c1-5-6-12-10(14)8-16-7-9(2)11(15)13(3)4/h5,9H,1,6-8H2,2-4H3,(H,12,14). The molecule has 1 unspecified atom stereocenters. The van der Waals surface area contributed by atoms with Gasteiger partial charge in [0.1, 0.15) is 0 Å². The van der Waals surface area contributed by atoms with Gasteiger partial charge in [0.25, 0.3) is 0 Å². The quantitative estimate of drug-likeness (QED) is 0.672. The molecule has 0 aliphatic rings. The van der Waals surface area contributed by atoms with Crippen LogP contribution in [0.3, 0.4) is 0 Å². The summed E-state index contributed by atoms with van der Waals surface area (Å²) in [5, 5.41) is 2.68. The Kier molecular flexibility index (Phi) is 7.72. The number of hydrogen-bond donors (Lipinski definition) is 1. The Morgan fingerprint density at radius 3 is 2.62 bits per heavy atom. The zero-order valence-electron chi connectivity index (χ0n) is 10.2. The van der Waals surface area contributed by atoms with E-state index in [1.165, 1.54) is 11.8 Å². The zero-order chi connectivity index (χ0) is 12.6. The Bertz CT molecular complexity index is 254. The van der Waals surface area contributed by atoms with Gasteiger partial charge >= 0.3 is 0 Å². The molecule has 0 fully saturated rings. The lowest BCUT2D eigenvalue weighted by Crippen LogP contribution is -2.30. The predicted octanol–water partition coefficient (Wildman–Crippen LogP) is 0.746. The average Bonchev–Trinajstić information content (AvgIpc) is 2.24. The van der Waals surface area contributed by atoms with Crippen molar-refractivity contribution in [3.8, 4) is 0 Å². The highest BCUT2D eigenvalue weighted by Crippen LogP contribution is 2.09. The third-order valence-electron chi connectivity index (χ3n) is 1.91. The maximum absolute atomic E-state index is 11.5. The van der Waals surface area contributed by atoms with Gasteiger partial charge in [0.05, 0.1) is 5.75 Å². The van der Waals surface area contributed by atoms with E-state index >= 15 is 0 Å². The van der Waals surface area contributed by atoms with Gasteiger partial charge in [-0.15, -0.1) is 6.58 Å². The first-order valence-corrected chi connectivity index (χ1v) is 6.31. The largest absolute Gasteiger partial charge is 0.352 e. The summed E-state index contributed by atoms with van der Waals surface area (Å²) in [5.41, 5.74) is 0. The Balaban J connectivity index is 3.69. The van der Waals surface area contributed by atoms with Crippen LogP contribution in [0.25, 0.3) is 0 Å². The third-order valence-corrected chi connectivity index (χ3v) is 3.11. The van der Waals surface area contributed by atoms with E-state index in [0.717, 1.165) is 0 Å². The summed E-state index contributed by atoms with van der Waals surface area (Å²) < 4.78 is 0. The van der Waals surface area contributed by atoms with Crippen LogP contribution in [-0.2, 0) is 9.59 Å². The summed E-state index contributed by atoms with van der Waals surface area (Å²) in [5.74, 6) is 1.08. The van der Waals surface area contributed by atoms with Gasteiger partial charge in [-0.3, -0.25) is 9.59 Å². The van der Waals surface area contributed by atoms with Crippen LogP contribution in [0, 0.1) is 5.92 Å². The summed E-state index contributed by atoms with van der Waals surface area (Å²) >= 11 is 1.47. The maximum Gasteiger partial charge on any atom is 0.230 e. The van der Waals surface area contributed by atoms with E-state index in [0.29, 0.717) is 18.1 Å². The van der Waals surface area contributed by atoms with Crippen molar-refractivity contribution in [2.75, 3.05) is 32.1 Å². The molecular formula is C11H20N2O2S. The summed E-state index contributed by atoms with van der Waals surface area (Å²) in [7, 11) is 3.47. The lowest BCUT2D eigenvalue weighted by atomic mass is 10.2. The van der Waals surface area contributed by atoms with Gasteiger partial charge in [-0.2, -0.15) is 11.8 Å². The van der Waals surface area contributed by atoms with Crippen LogP contribution in [0.4, 0.5) is 0 Å². The molecule has 16 heavy (non-hydrogen) atoms. The minimum atomic E-state index is -0.0489. The molecule has 0 aromatic heterocycles. The van der Waals surface area contributed by atoms with Gasteiger partial charge in [0.15, 0.2) is 0 Å². The smallest absolute Gasteiger partial charge is 0.230 e. The number of amides is 2. The fourth-order valence-electron chi connectivity index (χ4n) is 1.08. The first-order chi connectivity index (χ1) is 7.49. The van der Waals surface area contributed by atoms with Crippen LogP contribution in [0.15, 0.2) is 12.7 Å². The molecule has 0 aliphatic heterocycles. The minimum Gasteiger partial charge on any atom is -0.352 e. The highest BCUT2D eigenvalue weighted by molar-refractivity contribution is 7.99. The van der Waals surface area contributed by atoms with Crippen molar-refractivity contribution in [3.63, 3.8) is 0 Å². The molecule has 0 aromatic rings. The van der Waals surface area contributed by atoms with Crippen LogP contribution in [0.5, 0.6) is 0 Å². The number of thioether (sulfide) groups is 1. The number of nitrogens with one attached hydrogen (secondary N) is 1. The van der Waals surface area contributed by atoms with E-state index in [2.05, 4.69) is 11.9 Å². The lowest BCUT2D eigenvalue weighted by molar-refractivity contribution is -0.131. The van der Waals surface area contributed by atoms with Crippen molar-refractivity contribution in [2.24, 2.45) is 5.92 Å². The van der Waals surface area contributed by atoms with Crippen molar-refractivity contribution in [1.29, 1.82) is 0 Å². The van der Waals surface area contributed by atoms with Crippen LogP contribution < -0.4 is 5.32 Å². The lowest BCUT2D eigenvalue weighted by Gasteiger charge is -2.16. The fourth-order valence-corrected chi connectivity index (χ4v) is 1.98. The molecule has 0 bridgehead atoms. The topological polar surface area (TPSA) is 49.4 Å². The zero-order valence-corrected chi connectivity index (χ0v) is 11.0. The molecule has 5 heteroatoms. The summed E-state index contributed by atoms with van der Waals surface area (Å²) in [6.07, 6.45) is 1.64. The molecule has 1 N–H and O–H groups in total. The number of carbonyl (C=O) groups is 2. The van der Waals surface area contributed by atoms with Crippen molar-refractivity contribution in [3.05, 3.63) is 12.7 Å². The second-order valence-electron chi connectivity index (χ2n) is 3.74. The second-order valence-corrected chi connectivity index (χ2v) is 4.77. The number of carbonyl (C=O) groups excluding carboxylic acids is 2. The van der Waals surface area contributed by atoms with E-state index in [4.69, 9.17) is 0 Å². The molecule has 0 heterocycles. The van der Waals surface area contributed by atoms with Crippen LogP contribution in [0.2, 0.25) is 0 Å². The summed E-state index contributed by atoms with van der Waals surface area (Å²) in [4.78, 5) is 24.3. The molecule has 1 atom stereocenters. The van der Waals surface area contributed by atoms with Gasteiger partial charge in [-0.05, 0) is 0 Å². The third kappa shape index (κ3) is 6.50. The average molecular weight is 244 g/mol. The number of nitrogens with zero attached hydrogens (tertiary/aromatic N) is 1. The van der Waals surface area contributed by atoms with E-state index in [-0.39, 0.29) is 17.7 Å². The molecule has 92 valence electrons. The van der Waals surface area contributed by atoms with Gasteiger partial charge in [-0.25, -0.2) is 0 Å². The summed E-state index contributed by atoms with van der Waals surface area (Å²) in [6, 6.07) is 0. The monoisotopic (exact) mass is 244 g/mol. The Morgan fingerprint density at radius 1 is 1.50 bits per heavy atom. The first kappa shape index (κ1) is 15.0. The van der Waals surface area contributed by atoms with Gasteiger partial charge in [-0.1, -0.05) is 13.0 Å². The van der Waals surface area contributed by atoms with E-state index in [9.17, 15) is 9.59 Å². The van der Waals surface area contributed by atoms with Crippen molar-refractivity contribution in [2.45, 2.75) is 6.92 Å². The summed E-state index contributed by atoms with van der Waals surface area (Å²) in [6.45, 7) is 5.88. The second kappa shape index (κ2) is 8.21. The van der Waals surface area contributed by atoms with Crippen LogP contribution >= 0.6 is 11.8 Å². The highest BCUT2D eigenvalue weighted by Gasteiger charge is 2.14. The van der Waals surface area contributed by atoms with E-state index < -0.39 is 0 Å².